The van der Waals surface area contributed by atoms with E-state index in [4.69, 9.17) is 4.74 Å². The summed E-state index contributed by atoms with van der Waals surface area (Å²) in [6.07, 6.45) is 2.86. The quantitative estimate of drug-likeness (QED) is 0.607. The van der Waals surface area contributed by atoms with E-state index in [2.05, 4.69) is 20.2 Å². The number of likely N-dealkylation sites (N-methyl/N-ethyl adjacent to an activating group) is 1. The number of hydrogen-bond acceptors (Lipinski definition) is 6. The molecule has 0 spiro atoms. The Balaban J connectivity index is 1.42. The standard InChI is InChI=1S/C23H26FN5O3/c1-28-9-10-32-19(13-28)23(31)29-8-2-3-15(12-29)26-21-16-5-4-14(24)11-17(16)20-18(27-21)6-7-25-22(20)30/h4-7,11,15,19H,2-3,8-10,12-13H2,1H3,(H,25,30)(H,26,27)/t15-,19?/m1/s1. The third-order valence-corrected chi connectivity index (χ3v) is 6.30. The summed E-state index contributed by atoms with van der Waals surface area (Å²) in [5, 5.41) is 5.02. The largest absolute Gasteiger partial charge is 0.366 e. The van der Waals surface area contributed by atoms with Crippen LogP contribution in [0.5, 0.6) is 0 Å². The summed E-state index contributed by atoms with van der Waals surface area (Å²) in [6.45, 7) is 3.24. The van der Waals surface area contributed by atoms with E-state index in [1.54, 1.807) is 12.1 Å². The topological polar surface area (TPSA) is 90.6 Å². The zero-order chi connectivity index (χ0) is 22.2. The monoisotopic (exact) mass is 439 g/mol. The van der Waals surface area contributed by atoms with Gasteiger partial charge in [-0.25, -0.2) is 9.37 Å². The van der Waals surface area contributed by atoms with E-state index in [9.17, 15) is 14.0 Å². The molecular formula is C23H26FN5O3. The van der Waals surface area contributed by atoms with E-state index in [1.165, 1.54) is 18.3 Å². The molecule has 168 valence electrons. The number of aromatic amines is 1. The number of rotatable bonds is 3. The first-order valence-corrected chi connectivity index (χ1v) is 11.0. The van der Waals surface area contributed by atoms with Crippen LogP contribution in [-0.4, -0.2) is 77.7 Å². The van der Waals surface area contributed by atoms with E-state index >= 15 is 0 Å². The number of nitrogens with one attached hydrogen (secondary N) is 2. The van der Waals surface area contributed by atoms with Gasteiger partial charge in [0, 0.05) is 49.2 Å². The smallest absolute Gasteiger partial charge is 0.258 e. The summed E-state index contributed by atoms with van der Waals surface area (Å²) >= 11 is 0. The zero-order valence-electron chi connectivity index (χ0n) is 17.9. The highest BCUT2D eigenvalue weighted by molar-refractivity contribution is 6.09. The SMILES string of the molecule is CN1CCOC(C(=O)N2CCC[C@@H](Nc3nc4cc[nH]c(=O)c4c4cc(F)ccc34)C2)C1. The van der Waals surface area contributed by atoms with Gasteiger partial charge >= 0.3 is 0 Å². The summed E-state index contributed by atoms with van der Waals surface area (Å²) in [4.78, 5) is 36.7. The summed E-state index contributed by atoms with van der Waals surface area (Å²) < 4.78 is 19.7. The minimum absolute atomic E-state index is 0.00535. The van der Waals surface area contributed by atoms with Gasteiger partial charge in [0.05, 0.1) is 17.5 Å². The van der Waals surface area contributed by atoms with Gasteiger partial charge in [-0.15, -0.1) is 0 Å². The fourth-order valence-electron chi connectivity index (χ4n) is 4.66. The van der Waals surface area contributed by atoms with Crippen molar-refractivity contribution in [2.24, 2.45) is 0 Å². The average molecular weight is 439 g/mol. The molecule has 4 heterocycles. The zero-order valence-corrected chi connectivity index (χ0v) is 17.9. The van der Waals surface area contributed by atoms with Crippen molar-refractivity contribution < 1.29 is 13.9 Å². The van der Waals surface area contributed by atoms with Crippen molar-refractivity contribution in [1.82, 2.24) is 19.8 Å². The van der Waals surface area contributed by atoms with Crippen LogP contribution in [0.15, 0.2) is 35.3 Å². The predicted octanol–water partition coefficient (Wildman–Crippen LogP) is 1.95. The molecule has 0 saturated carbocycles. The van der Waals surface area contributed by atoms with Gasteiger partial charge in [-0.05, 0) is 44.2 Å². The Hall–Kier alpha value is -3.04. The van der Waals surface area contributed by atoms with E-state index in [1.807, 2.05) is 11.9 Å². The second kappa shape index (κ2) is 8.48. The first-order chi connectivity index (χ1) is 15.5. The number of anilines is 1. The van der Waals surface area contributed by atoms with Gasteiger partial charge in [0.15, 0.2) is 0 Å². The lowest BCUT2D eigenvalue weighted by Gasteiger charge is -2.37. The maximum atomic E-state index is 14.0. The molecule has 2 fully saturated rings. The number of halogens is 1. The van der Waals surface area contributed by atoms with E-state index in [0.717, 1.165) is 19.4 Å². The molecule has 0 radical (unpaired) electrons. The number of amides is 1. The number of morpholine rings is 1. The minimum atomic E-state index is -0.429. The van der Waals surface area contributed by atoms with Crippen LogP contribution in [0.2, 0.25) is 0 Å². The number of benzene rings is 1. The second-order valence-corrected chi connectivity index (χ2v) is 8.61. The number of likely N-dealkylation sites (tertiary alicyclic amines) is 1. The third-order valence-electron chi connectivity index (χ3n) is 6.30. The number of carbonyl (C=O) groups is 1. The number of nitrogens with zero attached hydrogens (tertiary/aromatic N) is 3. The van der Waals surface area contributed by atoms with Crippen molar-refractivity contribution in [2.75, 3.05) is 45.2 Å². The van der Waals surface area contributed by atoms with Crippen molar-refractivity contribution in [2.45, 2.75) is 25.0 Å². The molecule has 2 aliphatic heterocycles. The molecule has 32 heavy (non-hydrogen) atoms. The highest BCUT2D eigenvalue weighted by Gasteiger charge is 2.32. The molecule has 2 N–H and O–H groups in total. The van der Waals surface area contributed by atoms with Crippen molar-refractivity contribution in [3.8, 4) is 0 Å². The van der Waals surface area contributed by atoms with Crippen molar-refractivity contribution in [1.29, 1.82) is 0 Å². The normalized spacial score (nSPS) is 22.4. The molecule has 2 saturated heterocycles. The molecule has 2 atom stereocenters. The van der Waals surface area contributed by atoms with Gasteiger partial charge in [-0.2, -0.15) is 0 Å². The van der Waals surface area contributed by atoms with Crippen LogP contribution < -0.4 is 10.9 Å². The molecule has 2 aliphatic rings. The maximum Gasteiger partial charge on any atom is 0.258 e. The number of hydrogen-bond donors (Lipinski definition) is 2. The van der Waals surface area contributed by atoms with Crippen LogP contribution in [0.3, 0.4) is 0 Å². The van der Waals surface area contributed by atoms with Crippen LogP contribution in [-0.2, 0) is 9.53 Å². The number of aromatic nitrogens is 2. The molecule has 5 rings (SSSR count). The Morgan fingerprint density at radius 2 is 2.12 bits per heavy atom. The van der Waals surface area contributed by atoms with E-state index < -0.39 is 11.9 Å². The third kappa shape index (κ3) is 3.93. The summed E-state index contributed by atoms with van der Waals surface area (Å²) in [5.74, 6) is 0.199. The highest BCUT2D eigenvalue weighted by atomic mass is 19.1. The fourth-order valence-corrected chi connectivity index (χ4v) is 4.66. The van der Waals surface area contributed by atoms with Gasteiger partial charge in [0.1, 0.15) is 17.7 Å². The molecule has 3 aromatic rings. The van der Waals surface area contributed by atoms with Crippen LogP contribution in [0.4, 0.5) is 10.2 Å². The van der Waals surface area contributed by atoms with Gasteiger partial charge in [0.2, 0.25) is 0 Å². The van der Waals surface area contributed by atoms with Gasteiger partial charge < -0.3 is 24.8 Å². The van der Waals surface area contributed by atoms with Crippen LogP contribution in [0.1, 0.15) is 12.8 Å². The Bertz CT molecular complexity index is 1230. The molecule has 9 heteroatoms. The Labute approximate surface area is 184 Å². The molecule has 1 aromatic carbocycles. The summed E-state index contributed by atoms with van der Waals surface area (Å²) in [7, 11) is 1.99. The molecule has 1 amide bonds. The molecular weight excluding hydrogens is 413 g/mol. The Kier molecular flexibility index (Phi) is 5.52. The Morgan fingerprint density at radius 1 is 1.25 bits per heavy atom. The van der Waals surface area contributed by atoms with E-state index in [-0.39, 0.29) is 17.5 Å². The first-order valence-electron chi connectivity index (χ1n) is 11.0. The average Bonchev–Trinajstić information content (AvgIpc) is 2.78. The fraction of sp³-hybridized carbons (Fsp3) is 0.435. The summed E-state index contributed by atoms with van der Waals surface area (Å²) in [6, 6.07) is 6.08. The number of fused-ring (bicyclic) bond motifs is 3. The number of ether oxygens (including phenoxy) is 1. The lowest BCUT2D eigenvalue weighted by Crippen LogP contribution is -2.53. The highest BCUT2D eigenvalue weighted by Crippen LogP contribution is 2.29. The number of pyridine rings is 2. The molecule has 1 unspecified atom stereocenters. The predicted molar refractivity (Wildman–Crippen MR) is 120 cm³/mol. The maximum absolute atomic E-state index is 14.0. The van der Waals surface area contributed by atoms with Crippen LogP contribution in [0, 0.1) is 5.82 Å². The van der Waals surface area contributed by atoms with Crippen molar-refractivity contribution >= 4 is 33.4 Å². The first kappa shape index (κ1) is 20.8. The number of carbonyl (C=O) groups excluding carboxylic acids is 1. The molecule has 2 aromatic heterocycles. The van der Waals surface area contributed by atoms with Gasteiger partial charge in [-0.3, -0.25) is 9.59 Å². The molecule has 0 bridgehead atoms. The van der Waals surface area contributed by atoms with Gasteiger partial charge in [0.25, 0.3) is 11.5 Å². The number of piperidine rings is 1. The minimum Gasteiger partial charge on any atom is -0.366 e. The second-order valence-electron chi connectivity index (χ2n) is 8.61. The van der Waals surface area contributed by atoms with Crippen molar-refractivity contribution in [3.05, 3.63) is 46.6 Å². The van der Waals surface area contributed by atoms with Gasteiger partial charge in [-0.1, -0.05) is 0 Å². The number of H-pyrrole nitrogens is 1. The summed E-state index contributed by atoms with van der Waals surface area (Å²) in [5.41, 5.74) is 0.195. The lowest BCUT2D eigenvalue weighted by molar-refractivity contribution is -0.149. The van der Waals surface area contributed by atoms with Crippen LogP contribution in [0.25, 0.3) is 21.7 Å². The molecule has 0 aliphatic carbocycles. The van der Waals surface area contributed by atoms with Crippen LogP contribution >= 0.6 is 0 Å². The lowest BCUT2D eigenvalue weighted by atomic mass is 10.0. The van der Waals surface area contributed by atoms with Crippen molar-refractivity contribution in [3.63, 3.8) is 0 Å². The molecule has 8 nitrogen and oxygen atoms in total. The van der Waals surface area contributed by atoms with E-state index in [0.29, 0.717) is 53.7 Å². The Morgan fingerprint density at radius 3 is 2.97 bits per heavy atom.